The van der Waals surface area contributed by atoms with Crippen molar-refractivity contribution < 1.29 is 18.8 Å². The maximum absolute atomic E-state index is 13.2. The molecule has 2 fully saturated rings. The second-order valence-electron chi connectivity index (χ2n) is 8.63. The lowest BCUT2D eigenvalue weighted by Crippen LogP contribution is -2.48. The number of imide groups is 1. The van der Waals surface area contributed by atoms with E-state index in [1.54, 1.807) is 42.5 Å². The standard InChI is InChI=1S/C28H24FN3O3S/c29-23-10-12-24(13-11-23)30-14-16-31(17-15-30)26(33)22-8-6-20(7-9-22)18-25-27(34)32(28(35)36-25)19-21-4-2-1-3-5-21/h1-13,18H,14-17,19H2/b25-18-. The summed E-state index contributed by atoms with van der Waals surface area (Å²) in [4.78, 5) is 43.7. The van der Waals surface area contributed by atoms with Crippen molar-refractivity contribution in [2.24, 2.45) is 0 Å². The Kier molecular flexibility index (Phi) is 6.86. The van der Waals surface area contributed by atoms with E-state index in [-0.39, 0.29) is 29.4 Å². The van der Waals surface area contributed by atoms with Crippen LogP contribution in [0.2, 0.25) is 0 Å². The molecule has 36 heavy (non-hydrogen) atoms. The van der Waals surface area contributed by atoms with Crippen molar-refractivity contribution in [3.8, 4) is 0 Å². The van der Waals surface area contributed by atoms with Crippen LogP contribution in [0.3, 0.4) is 0 Å². The van der Waals surface area contributed by atoms with E-state index in [9.17, 15) is 18.8 Å². The first kappa shape index (κ1) is 23.8. The number of anilines is 1. The number of rotatable bonds is 5. The van der Waals surface area contributed by atoms with E-state index in [4.69, 9.17) is 0 Å². The van der Waals surface area contributed by atoms with Crippen molar-refractivity contribution in [1.82, 2.24) is 9.80 Å². The van der Waals surface area contributed by atoms with E-state index in [2.05, 4.69) is 4.90 Å². The Morgan fingerprint density at radius 1 is 0.861 bits per heavy atom. The molecule has 8 heteroatoms. The SMILES string of the molecule is O=C(c1ccc(/C=C2\SC(=O)N(Cc3ccccc3)C2=O)cc1)N1CCN(c2ccc(F)cc2)CC1. The van der Waals surface area contributed by atoms with Crippen LogP contribution < -0.4 is 4.90 Å². The Balaban J connectivity index is 1.20. The highest BCUT2D eigenvalue weighted by molar-refractivity contribution is 8.18. The van der Waals surface area contributed by atoms with Gasteiger partial charge < -0.3 is 9.80 Å². The molecule has 3 amide bonds. The number of hydrogen-bond donors (Lipinski definition) is 0. The van der Waals surface area contributed by atoms with Gasteiger partial charge in [0.2, 0.25) is 0 Å². The van der Waals surface area contributed by atoms with Crippen molar-refractivity contribution in [3.05, 3.63) is 106 Å². The minimum atomic E-state index is -0.312. The lowest BCUT2D eigenvalue weighted by Gasteiger charge is -2.36. The molecule has 0 bridgehead atoms. The maximum Gasteiger partial charge on any atom is 0.293 e. The lowest BCUT2D eigenvalue weighted by atomic mass is 10.1. The first-order valence-electron chi connectivity index (χ1n) is 11.7. The molecule has 0 aromatic heterocycles. The molecule has 0 radical (unpaired) electrons. The van der Waals surface area contributed by atoms with Gasteiger partial charge in [0.15, 0.2) is 0 Å². The van der Waals surface area contributed by atoms with Gasteiger partial charge in [-0.2, -0.15) is 0 Å². The van der Waals surface area contributed by atoms with Crippen LogP contribution in [-0.2, 0) is 11.3 Å². The van der Waals surface area contributed by atoms with Gasteiger partial charge in [-0.05, 0) is 65.4 Å². The number of benzene rings is 3. The molecule has 5 rings (SSSR count). The number of carbonyl (C=O) groups is 3. The molecule has 3 aromatic carbocycles. The van der Waals surface area contributed by atoms with Crippen LogP contribution >= 0.6 is 11.8 Å². The molecule has 0 atom stereocenters. The summed E-state index contributed by atoms with van der Waals surface area (Å²) in [5, 5.41) is -0.290. The average Bonchev–Trinajstić information content (AvgIpc) is 3.17. The summed E-state index contributed by atoms with van der Waals surface area (Å²) in [6, 6.07) is 22.8. The monoisotopic (exact) mass is 501 g/mol. The lowest BCUT2D eigenvalue weighted by molar-refractivity contribution is -0.123. The topological polar surface area (TPSA) is 60.9 Å². The predicted molar refractivity (Wildman–Crippen MR) is 139 cm³/mol. The van der Waals surface area contributed by atoms with Crippen molar-refractivity contribution in [1.29, 1.82) is 0 Å². The molecule has 6 nitrogen and oxygen atoms in total. The van der Waals surface area contributed by atoms with E-state index < -0.39 is 0 Å². The van der Waals surface area contributed by atoms with Gasteiger partial charge in [-0.25, -0.2) is 4.39 Å². The summed E-state index contributed by atoms with van der Waals surface area (Å²) in [6.45, 7) is 2.74. The normalized spacial score (nSPS) is 17.2. The molecule has 3 aromatic rings. The molecule has 2 aliphatic heterocycles. The van der Waals surface area contributed by atoms with Gasteiger partial charge in [-0.3, -0.25) is 19.3 Å². The first-order valence-corrected chi connectivity index (χ1v) is 12.5. The van der Waals surface area contributed by atoms with Crippen LogP contribution in [0.25, 0.3) is 6.08 Å². The van der Waals surface area contributed by atoms with Crippen molar-refractivity contribution >= 4 is 40.6 Å². The van der Waals surface area contributed by atoms with Crippen molar-refractivity contribution in [2.75, 3.05) is 31.1 Å². The highest BCUT2D eigenvalue weighted by Crippen LogP contribution is 2.33. The molecule has 0 N–H and O–H groups in total. The number of nitrogens with zero attached hydrogens (tertiary/aromatic N) is 3. The number of hydrogen-bond acceptors (Lipinski definition) is 5. The minimum absolute atomic E-state index is 0.0523. The van der Waals surface area contributed by atoms with Crippen molar-refractivity contribution in [2.45, 2.75) is 6.54 Å². The molecule has 2 saturated heterocycles. The highest BCUT2D eigenvalue weighted by Gasteiger charge is 2.35. The molecule has 182 valence electrons. The zero-order valence-corrected chi connectivity index (χ0v) is 20.3. The fourth-order valence-electron chi connectivity index (χ4n) is 4.28. The number of carbonyl (C=O) groups excluding carboxylic acids is 3. The molecular formula is C28H24FN3O3S. The Morgan fingerprint density at radius 3 is 2.19 bits per heavy atom. The molecule has 0 unspecified atom stereocenters. The van der Waals surface area contributed by atoms with E-state index >= 15 is 0 Å². The van der Waals surface area contributed by atoms with Gasteiger partial charge in [0.05, 0.1) is 11.4 Å². The fraction of sp³-hybridized carbons (Fsp3) is 0.179. The summed E-state index contributed by atoms with van der Waals surface area (Å²) in [5.41, 5.74) is 3.15. The van der Waals surface area contributed by atoms with Gasteiger partial charge in [0, 0.05) is 37.4 Å². The first-order chi connectivity index (χ1) is 17.5. The third kappa shape index (κ3) is 5.18. The number of thioether (sulfide) groups is 1. The van der Waals surface area contributed by atoms with Gasteiger partial charge in [0.1, 0.15) is 5.82 Å². The molecule has 2 heterocycles. The van der Waals surface area contributed by atoms with Crippen LogP contribution in [0.15, 0.2) is 83.8 Å². The average molecular weight is 502 g/mol. The smallest absolute Gasteiger partial charge is 0.293 e. The van der Waals surface area contributed by atoms with Gasteiger partial charge in [-0.1, -0.05) is 42.5 Å². The molecule has 0 saturated carbocycles. The Morgan fingerprint density at radius 2 is 1.53 bits per heavy atom. The van der Waals surface area contributed by atoms with Crippen LogP contribution in [-0.4, -0.2) is 53.0 Å². The van der Waals surface area contributed by atoms with Crippen LogP contribution in [0.1, 0.15) is 21.5 Å². The quantitative estimate of drug-likeness (QED) is 0.459. The summed E-state index contributed by atoms with van der Waals surface area (Å²) < 4.78 is 13.2. The number of piperazine rings is 1. The highest BCUT2D eigenvalue weighted by atomic mass is 32.2. The van der Waals surface area contributed by atoms with Crippen LogP contribution in [0.4, 0.5) is 14.9 Å². The summed E-state index contributed by atoms with van der Waals surface area (Å²) in [5.74, 6) is -0.629. The van der Waals surface area contributed by atoms with Gasteiger partial charge in [-0.15, -0.1) is 0 Å². The van der Waals surface area contributed by atoms with Gasteiger partial charge >= 0.3 is 0 Å². The molecule has 0 spiro atoms. The van der Waals surface area contributed by atoms with E-state index in [1.807, 2.05) is 35.2 Å². The second kappa shape index (κ2) is 10.4. The van der Waals surface area contributed by atoms with Crippen LogP contribution in [0.5, 0.6) is 0 Å². The Hall–Kier alpha value is -3.91. The van der Waals surface area contributed by atoms with E-state index in [1.165, 1.54) is 17.0 Å². The number of amides is 3. The maximum atomic E-state index is 13.2. The summed E-state index contributed by atoms with van der Waals surface area (Å²) in [6.07, 6.45) is 1.69. The Bertz CT molecular complexity index is 1300. The third-order valence-corrected chi connectivity index (χ3v) is 7.18. The minimum Gasteiger partial charge on any atom is -0.368 e. The second-order valence-corrected chi connectivity index (χ2v) is 9.62. The molecular weight excluding hydrogens is 477 g/mol. The van der Waals surface area contributed by atoms with Gasteiger partial charge in [0.25, 0.3) is 17.1 Å². The molecule has 2 aliphatic rings. The van der Waals surface area contributed by atoms with E-state index in [0.29, 0.717) is 36.6 Å². The summed E-state index contributed by atoms with van der Waals surface area (Å²) >= 11 is 0.926. The fourth-order valence-corrected chi connectivity index (χ4v) is 5.12. The number of halogens is 1. The third-order valence-electron chi connectivity index (χ3n) is 6.27. The predicted octanol–water partition coefficient (Wildman–Crippen LogP) is 5.02. The van der Waals surface area contributed by atoms with Crippen molar-refractivity contribution in [3.63, 3.8) is 0 Å². The zero-order valence-electron chi connectivity index (χ0n) is 19.5. The zero-order chi connectivity index (χ0) is 25.1. The molecule has 0 aliphatic carbocycles. The van der Waals surface area contributed by atoms with E-state index in [0.717, 1.165) is 28.6 Å². The summed E-state index contributed by atoms with van der Waals surface area (Å²) in [7, 11) is 0. The Labute approximate surface area is 213 Å². The largest absolute Gasteiger partial charge is 0.368 e. The van der Waals surface area contributed by atoms with Crippen LogP contribution in [0, 0.1) is 5.82 Å².